The molecule has 2 atom stereocenters. The molecule has 0 aliphatic carbocycles. The lowest BCUT2D eigenvalue weighted by Gasteiger charge is -2.16. The van der Waals surface area contributed by atoms with Crippen LogP contribution in [0.2, 0.25) is 0 Å². The number of thioether (sulfide) groups is 4. The van der Waals surface area contributed by atoms with E-state index in [1.54, 1.807) is 60.9 Å². The molecule has 13 heteroatoms. The molecule has 5 nitrogen and oxygen atoms in total. The highest BCUT2D eigenvalue weighted by Gasteiger charge is 2.20. The van der Waals surface area contributed by atoms with E-state index in [4.69, 9.17) is 9.47 Å². The van der Waals surface area contributed by atoms with Crippen molar-refractivity contribution in [3.63, 3.8) is 0 Å². The second kappa shape index (κ2) is 18.7. The SMILES string of the molecule is C=C(C)C(=O)OCCSC(C)Sc1c(Br)cc(C(=O)c2cc(Br)c(SC(C)SCCOC(=O)C(=C)C)c(Br)c2)cc1Br. The Morgan fingerprint density at radius 1 is 0.690 bits per heavy atom. The molecular weight excluding hydrogens is 876 g/mol. The fourth-order valence-electron chi connectivity index (χ4n) is 3.12. The minimum Gasteiger partial charge on any atom is -0.461 e. The Balaban J connectivity index is 2.02. The van der Waals surface area contributed by atoms with Crippen LogP contribution in [-0.4, -0.2) is 51.6 Å². The molecule has 0 aliphatic heterocycles. The van der Waals surface area contributed by atoms with Crippen molar-refractivity contribution in [2.75, 3.05) is 24.7 Å². The Hall–Kier alpha value is -0.150. The largest absolute Gasteiger partial charge is 0.461 e. The van der Waals surface area contributed by atoms with Crippen LogP contribution < -0.4 is 0 Å². The lowest BCUT2D eigenvalue weighted by atomic mass is 10.0. The number of rotatable bonds is 16. The Labute approximate surface area is 298 Å². The van der Waals surface area contributed by atoms with Crippen LogP contribution in [0.3, 0.4) is 0 Å². The van der Waals surface area contributed by atoms with Crippen LogP contribution in [0.1, 0.15) is 43.6 Å². The third-order valence-corrected chi connectivity index (χ3v) is 13.8. The summed E-state index contributed by atoms with van der Waals surface area (Å²) < 4.78 is 14.0. The summed E-state index contributed by atoms with van der Waals surface area (Å²) in [4.78, 5) is 38.5. The molecule has 0 heterocycles. The lowest BCUT2D eigenvalue weighted by molar-refractivity contribution is -0.139. The molecule has 228 valence electrons. The molecule has 0 fully saturated rings. The van der Waals surface area contributed by atoms with Crippen LogP contribution in [0.25, 0.3) is 0 Å². The topological polar surface area (TPSA) is 69.7 Å². The molecule has 0 N–H and O–H groups in total. The quantitative estimate of drug-likeness (QED) is 0.0409. The zero-order valence-electron chi connectivity index (χ0n) is 23.4. The Kier molecular flexibility index (Phi) is 17.0. The number of carbonyl (C=O) groups is 3. The van der Waals surface area contributed by atoms with E-state index in [-0.39, 0.29) is 26.9 Å². The summed E-state index contributed by atoms with van der Waals surface area (Å²) in [5.74, 6) is 0.477. The van der Waals surface area contributed by atoms with Gasteiger partial charge in [-0.05, 0) is 116 Å². The molecular formula is C29H30Br4O5S4. The summed E-state index contributed by atoms with van der Waals surface area (Å²) in [5.41, 5.74) is 1.89. The molecule has 0 amide bonds. The van der Waals surface area contributed by atoms with Crippen LogP contribution in [0.15, 0.2) is 76.3 Å². The van der Waals surface area contributed by atoms with Gasteiger partial charge in [0.05, 0.1) is 9.16 Å². The fraction of sp³-hybridized carbons (Fsp3) is 0.345. The van der Waals surface area contributed by atoms with Crippen molar-refractivity contribution in [3.05, 3.63) is 77.6 Å². The summed E-state index contributed by atoms with van der Waals surface area (Å²) in [5, 5.41) is 0. The smallest absolute Gasteiger partial charge is 0.333 e. The molecule has 42 heavy (non-hydrogen) atoms. The first-order valence-electron chi connectivity index (χ1n) is 12.5. The summed E-state index contributed by atoms with van der Waals surface area (Å²) in [6.07, 6.45) is 0. The van der Waals surface area contributed by atoms with Crippen molar-refractivity contribution in [3.8, 4) is 0 Å². The van der Waals surface area contributed by atoms with E-state index in [1.165, 1.54) is 0 Å². The van der Waals surface area contributed by atoms with Gasteiger partial charge in [0.15, 0.2) is 5.78 Å². The Morgan fingerprint density at radius 2 is 1.00 bits per heavy atom. The summed E-state index contributed by atoms with van der Waals surface area (Å²) >= 11 is 21.2. The molecule has 2 aromatic rings. The van der Waals surface area contributed by atoms with Gasteiger partial charge < -0.3 is 9.47 Å². The van der Waals surface area contributed by atoms with Crippen molar-refractivity contribution < 1.29 is 23.9 Å². The molecule has 0 bridgehead atoms. The monoisotopic (exact) mass is 902 g/mol. The van der Waals surface area contributed by atoms with Gasteiger partial charge in [-0.15, -0.1) is 47.0 Å². The van der Waals surface area contributed by atoms with Crippen LogP contribution in [0.4, 0.5) is 0 Å². The summed E-state index contributed by atoms with van der Waals surface area (Å²) in [6.45, 7) is 15.2. The predicted octanol–water partition coefficient (Wildman–Crippen LogP) is 10.5. The van der Waals surface area contributed by atoms with Crippen LogP contribution in [-0.2, 0) is 19.1 Å². The molecule has 2 unspecified atom stereocenters. The first kappa shape index (κ1) is 38.0. The average Bonchev–Trinajstić information content (AvgIpc) is 2.91. The van der Waals surface area contributed by atoms with E-state index in [0.717, 1.165) is 27.7 Å². The van der Waals surface area contributed by atoms with E-state index in [9.17, 15) is 14.4 Å². The van der Waals surface area contributed by atoms with Gasteiger partial charge in [-0.1, -0.05) is 13.2 Å². The zero-order chi connectivity index (χ0) is 31.6. The number of hydrogen-bond donors (Lipinski definition) is 0. The van der Waals surface area contributed by atoms with Crippen molar-refractivity contribution >= 4 is 128 Å². The standard InChI is InChI=1S/C29H30Br4O5S4/c1-15(2)28(35)37-7-9-39-17(5)41-26-21(30)11-19(12-22(26)31)25(34)20-13-23(32)27(24(33)14-20)42-18(6)40-10-8-38-29(36)16(3)4/h11-14,17-18H,1,3,7-10H2,2,4-6H3. The molecule has 0 spiro atoms. The van der Waals surface area contributed by atoms with Crippen molar-refractivity contribution in [1.82, 2.24) is 0 Å². The maximum atomic E-state index is 13.5. The highest BCUT2D eigenvalue weighted by atomic mass is 79.9. The van der Waals surface area contributed by atoms with Gasteiger partial charge in [-0.25, -0.2) is 9.59 Å². The minimum absolute atomic E-state index is 0.102. The maximum absolute atomic E-state index is 13.5. The van der Waals surface area contributed by atoms with E-state index < -0.39 is 0 Å². The third kappa shape index (κ3) is 12.3. The Morgan fingerprint density at radius 3 is 1.29 bits per heavy atom. The number of ether oxygens (including phenoxy) is 2. The van der Waals surface area contributed by atoms with Gasteiger partial charge in [0.1, 0.15) is 13.2 Å². The number of carbonyl (C=O) groups excluding carboxylic acids is 3. The van der Waals surface area contributed by atoms with Gasteiger partial charge >= 0.3 is 11.9 Å². The first-order valence-corrected chi connectivity index (χ1v) is 19.5. The van der Waals surface area contributed by atoms with Crippen molar-refractivity contribution in [2.24, 2.45) is 0 Å². The number of esters is 2. The highest BCUT2D eigenvalue weighted by Crippen LogP contribution is 2.43. The number of hydrogen-bond acceptors (Lipinski definition) is 9. The summed E-state index contributed by atoms with van der Waals surface area (Å²) in [6, 6.07) is 7.35. The summed E-state index contributed by atoms with van der Waals surface area (Å²) in [7, 11) is 0. The Bertz CT molecular complexity index is 1210. The fourth-order valence-corrected chi connectivity index (χ4v) is 10.7. The predicted molar refractivity (Wildman–Crippen MR) is 194 cm³/mol. The maximum Gasteiger partial charge on any atom is 0.333 e. The van der Waals surface area contributed by atoms with Gasteiger partial charge in [-0.2, -0.15) is 0 Å². The number of halogens is 4. The zero-order valence-corrected chi connectivity index (χ0v) is 33.0. The number of benzene rings is 2. The van der Waals surface area contributed by atoms with Gasteiger partial charge in [-0.3, -0.25) is 4.79 Å². The molecule has 0 saturated heterocycles. The van der Waals surface area contributed by atoms with Crippen LogP contribution in [0, 0.1) is 0 Å². The van der Waals surface area contributed by atoms with Crippen LogP contribution >= 0.6 is 111 Å². The van der Waals surface area contributed by atoms with E-state index in [1.807, 2.05) is 24.3 Å². The normalized spacial score (nSPS) is 12.4. The van der Waals surface area contributed by atoms with E-state index >= 15 is 0 Å². The van der Waals surface area contributed by atoms with Crippen molar-refractivity contribution in [1.29, 1.82) is 0 Å². The lowest BCUT2D eigenvalue weighted by Crippen LogP contribution is -2.08. The number of ketones is 1. The van der Waals surface area contributed by atoms with Gasteiger partial charge in [0.25, 0.3) is 0 Å². The molecule has 0 saturated carbocycles. The van der Waals surface area contributed by atoms with E-state index in [0.29, 0.717) is 47.0 Å². The van der Waals surface area contributed by atoms with Gasteiger partial charge in [0.2, 0.25) is 0 Å². The minimum atomic E-state index is -0.376. The average molecular weight is 906 g/mol. The second-order valence-electron chi connectivity index (χ2n) is 8.81. The molecule has 2 aromatic carbocycles. The molecule has 2 rings (SSSR count). The molecule has 0 aliphatic rings. The van der Waals surface area contributed by atoms with Gasteiger partial charge in [0, 0.05) is 61.5 Å². The first-order chi connectivity index (χ1) is 19.7. The molecule has 0 aromatic heterocycles. The van der Waals surface area contributed by atoms with Crippen molar-refractivity contribution in [2.45, 2.75) is 46.6 Å². The van der Waals surface area contributed by atoms with Crippen LogP contribution in [0.5, 0.6) is 0 Å². The second-order valence-corrected chi connectivity index (χ2v) is 18.4. The highest BCUT2D eigenvalue weighted by molar-refractivity contribution is 9.11. The third-order valence-electron chi connectivity index (χ3n) is 5.12. The molecule has 0 radical (unpaired) electrons. The van der Waals surface area contributed by atoms with E-state index in [2.05, 4.69) is 90.7 Å².